The number of hydrogen-bond acceptors (Lipinski definition) is 2. The predicted molar refractivity (Wildman–Crippen MR) is 98.2 cm³/mol. The molecule has 0 bridgehead atoms. The quantitative estimate of drug-likeness (QED) is 0.739. The van der Waals surface area contributed by atoms with Crippen LogP contribution < -0.4 is 5.32 Å². The Labute approximate surface area is 146 Å². The summed E-state index contributed by atoms with van der Waals surface area (Å²) in [5.74, 6) is -0.205. The number of halogens is 1. The van der Waals surface area contributed by atoms with Crippen molar-refractivity contribution in [3.05, 3.63) is 77.2 Å². The van der Waals surface area contributed by atoms with Crippen LogP contribution in [0.3, 0.4) is 0 Å². The molecular weight excluding hydrogens is 315 g/mol. The van der Waals surface area contributed by atoms with Crippen LogP contribution in [0, 0.1) is 12.7 Å². The lowest BCUT2D eigenvalue weighted by Gasteiger charge is -2.17. The van der Waals surface area contributed by atoms with Crippen molar-refractivity contribution in [3.8, 4) is 0 Å². The van der Waals surface area contributed by atoms with Crippen LogP contribution in [0.15, 0.2) is 54.6 Å². The lowest BCUT2D eigenvalue weighted by Crippen LogP contribution is -2.29. The first kappa shape index (κ1) is 17.1. The minimum Gasteiger partial charge on any atom is -0.351 e. The van der Waals surface area contributed by atoms with Gasteiger partial charge in [0.15, 0.2) is 0 Å². The van der Waals surface area contributed by atoms with Gasteiger partial charge in [0.2, 0.25) is 0 Å². The first-order chi connectivity index (χ1) is 12.1. The monoisotopic (exact) mass is 336 g/mol. The fraction of sp³-hybridized carbons (Fsp3) is 0.238. The second kappa shape index (κ2) is 7.43. The zero-order valence-corrected chi connectivity index (χ0v) is 14.4. The smallest absolute Gasteiger partial charge is 0.253 e. The molecule has 128 valence electrons. The van der Waals surface area contributed by atoms with Crippen LogP contribution in [0.5, 0.6) is 0 Å². The Balaban J connectivity index is 1.78. The Morgan fingerprint density at radius 3 is 2.64 bits per heavy atom. The summed E-state index contributed by atoms with van der Waals surface area (Å²) in [6.45, 7) is 4.45. The van der Waals surface area contributed by atoms with Crippen LogP contribution in [-0.4, -0.2) is 17.4 Å². The number of benzene rings is 2. The van der Waals surface area contributed by atoms with Gasteiger partial charge in [0, 0.05) is 23.9 Å². The summed E-state index contributed by atoms with van der Waals surface area (Å²) < 4.78 is 13.3. The Morgan fingerprint density at radius 1 is 1.16 bits per heavy atom. The van der Waals surface area contributed by atoms with Gasteiger partial charge in [0.1, 0.15) is 5.82 Å². The third-order valence-corrected chi connectivity index (χ3v) is 4.49. The molecule has 1 amide bonds. The molecule has 1 atom stereocenters. The van der Waals surface area contributed by atoms with Gasteiger partial charge in [-0.15, -0.1) is 0 Å². The average Bonchev–Trinajstić information content (AvgIpc) is 2.62. The third kappa shape index (κ3) is 3.85. The molecular formula is C21H21FN2O. The molecule has 4 heteroatoms. The fourth-order valence-electron chi connectivity index (χ4n) is 3.00. The normalized spacial score (nSPS) is 12.1. The molecule has 0 saturated carbocycles. The van der Waals surface area contributed by atoms with Crippen LogP contribution >= 0.6 is 0 Å². The lowest BCUT2D eigenvalue weighted by atomic mass is 9.96. The van der Waals surface area contributed by atoms with Gasteiger partial charge in [-0.05, 0) is 37.1 Å². The maximum Gasteiger partial charge on any atom is 0.253 e. The molecule has 0 spiro atoms. The summed E-state index contributed by atoms with van der Waals surface area (Å²) >= 11 is 0. The van der Waals surface area contributed by atoms with E-state index in [4.69, 9.17) is 0 Å². The SMILES string of the molecule is CCC(CNC(=O)c1cc2ccc(F)cc2nc1C)c1ccccc1. The van der Waals surface area contributed by atoms with E-state index < -0.39 is 0 Å². The van der Waals surface area contributed by atoms with E-state index in [0.717, 1.165) is 11.8 Å². The van der Waals surface area contributed by atoms with Crippen molar-refractivity contribution in [2.75, 3.05) is 6.54 Å². The van der Waals surface area contributed by atoms with Gasteiger partial charge in [0.05, 0.1) is 16.8 Å². The van der Waals surface area contributed by atoms with Crippen molar-refractivity contribution in [1.29, 1.82) is 0 Å². The number of aryl methyl sites for hydroxylation is 1. The molecule has 1 heterocycles. The van der Waals surface area contributed by atoms with Crippen LogP contribution in [0.2, 0.25) is 0 Å². The Kier molecular flexibility index (Phi) is 5.08. The highest BCUT2D eigenvalue weighted by Crippen LogP contribution is 2.20. The van der Waals surface area contributed by atoms with Gasteiger partial charge in [-0.1, -0.05) is 37.3 Å². The second-order valence-corrected chi connectivity index (χ2v) is 6.18. The number of carbonyl (C=O) groups is 1. The van der Waals surface area contributed by atoms with E-state index in [0.29, 0.717) is 23.3 Å². The zero-order chi connectivity index (χ0) is 17.8. The molecule has 0 fully saturated rings. The highest BCUT2D eigenvalue weighted by molar-refractivity contribution is 5.98. The molecule has 3 nitrogen and oxygen atoms in total. The minimum absolute atomic E-state index is 0.148. The zero-order valence-electron chi connectivity index (χ0n) is 14.4. The maximum atomic E-state index is 13.3. The van der Waals surface area contributed by atoms with Gasteiger partial charge < -0.3 is 5.32 Å². The summed E-state index contributed by atoms with van der Waals surface area (Å²) in [7, 11) is 0. The van der Waals surface area contributed by atoms with Crippen molar-refractivity contribution in [2.24, 2.45) is 0 Å². The van der Waals surface area contributed by atoms with Crippen molar-refractivity contribution >= 4 is 16.8 Å². The van der Waals surface area contributed by atoms with Gasteiger partial charge >= 0.3 is 0 Å². The van der Waals surface area contributed by atoms with Gasteiger partial charge in [-0.3, -0.25) is 9.78 Å². The number of nitrogens with one attached hydrogen (secondary N) is 1. The fourth-order valence-corrected chi connectivity index (χ4v) is 3.00. The molecule has 3 aromatic rings. The predicted octanol–water partition coefficient (Wildman–Crippen LogP) is 4.61. The van der Waals surface area contributed by atoms with Crippen molar-refractivity contribution < 1.29 is 9.18 Å². The van der Waals surface area contributed by atoms with E-state index in [1.54, 1.807) is 19.1 Å². The van der Waals surface area contributed by atoms with Crippen LogP contribution in [0.1, 0.15) is 40.9 Å². The van der Waals surface area contributed by atoms with Crippen molar-refractivity contribution in [2.45, 2.75) is 26.2 Å². The first-order valence-electron chi connectivity index (χ1n) is 8.48. The summed E-state index contributed by atoms with van der Waals surface area (Å²) in [5.41, 5.74) is 2.91. The van der Waals surface area contributed by atoms with Crippen LogP contribution in [0.25, 0.3) is 10.9 Å². The summed E-state index contributed by atoms with van der Waals surface area (Å²) in [4.78, 5) is 17.0. The van der Waals surface area contributed by atoms with E-state index in [1.165, 1.54) is 17.7 Å². The molecule has 2 aromatic carbocycles. The van der Waals surface area contributed by atoms with Gasteiger partial charge in [-0.2, -0.15) is 0 Å². The molecule has 25 heavy (non-hydrogen) atoms. The number of nitrogens with zero attached hydrogens (tertiary/aromatic N) is 1. The minimum atomic E-state index is -0.328. The lowest BCUT2D eigenvalue weighted by molar-refractivity contribution is 0.0950. The molecule has 0 saturated heterocycles. The van der Waals surface area contributed by atoms with Gasteiger partial charge in [0.25, 0.3) is 5.91 Å². The van der Waals surface area contributed by atoms with Gasteiger partial charge in [-0.25, -0.2) is 4.39 Å². The molecule has 1 N–H and O–H groups in total. The summed E-state index contributed by atoms with van der Waals surface area (Å²) in [5, 5.41) is 3.77. The number of pyridine rings is 1. The highest BCUT2D eigenvalue weighted by atomic mass is 19.1. The van der Waals surface area contributed by atoms with E-state index in [-0.39, 0.29) is 17.6 Å². The van der Waals surface area contributed by atoms with Crippen molar-refractivity contribution in [3.63, 3.8) is 0 Å². The average molecular weight is 336 g/mol. The second-order valence-electron chi connectivity index (χ2n) is 6.18. The Morgan fingerprint density at radius 2 is 1.92 bits per heavy atom. The summed E-state index contributed by atoms with van der Waals surface area (Å²) in [6, 6.07) is 16.3. The van der Waals surface area contributed by atoms with E-state index >= 15 is 0 Å². The van der Waals surface area contributed by atoms with Crippen LogP contribution in [-0.2, 0) is 0 Å². The highest BCUT2D eigenvalue weighted by Gasteiger charge is 2.15. The van der Waals surface area contributed by atoms with Crippen LogP contribution in [0.4, 0.5) is 4.39 Å². The van der Waals surface area contributed by atoms with E-state index in [2.05, 4.69) is 29.4 Å². The third-order valence-electron chi connectivity index (χ3n) is 4.49. The number of carbonyl (C=O) groups excluding carboxylic acids is 1. The number of amides is 1. The first-order valence-corrected chi connectivity index (χ1v) is 8.48. The van der Waals surface area contributed by atoms with E-state index in [1.807, 2.05) is 18.2 Å². The Hall–Kier alpha value is -2.75. The molecule has 1 aromatic heterocycles. The number of aromatic nitrogens is 1. The molecule has 0 aliphatic rings. The Bertz CT molecular complexity index is 893. The molecule has 0 aliphatic carbocycles. The molecule has 0 radical (unpaired) electrons. The van der Waals surface area contributed by atoms with E-state index in [9.17, 15) is 9.18 Å². The topological polar surface area (TPSA) is 42.0 Å². The number of rotatable bonds is 5. The standard InChI is InChI=1S/C21H21FN2O/c1-3-15(16-7-5-4-6-8-16)13-23-21(25)19-11-17-9-10-18(22)12-20(17)24-14(19)2/h4-12,15H,3,13H2,1-2H3,(H,23,25). The van der Waals surface area contributed by atoms with Crippen molar-refractivity contribution in [1.82, 2.24) is 10.3 Å². The molecule has 0 aliphatic heterocycles. The maximum absolute atomic E-state index is 13.3. The molecule has 3 rings (SSSR count). The largest absolute Gasteiger partial charge is 0.351 e. The number of fused-ring (bicyclic) bond motifs is 1. The molecule has 1 unspecified atom stereocenters. The number of hydrogen-bond donors (Lipinski definition) is 1. The summed E-state index contributed by atoms with van der Waals surface area (Å²) in [6.07, 6.45) is 0.943.